The molecule has 2 rings (SSSR count). The highest BCUT2D eigenvalue weighted by molar-refractivity contribution is 5.95. The minimum atomic E-state index is -1.22. The number of esters is 3. The van der Waals surface area contributed by atoms with Gasteiger partial charge in [-0.25, -0.2) is 9.59 Å². The van der Waals surface area contributed by atoms with Crippen molar-refractivity contribution >= 4 is 17.9 Å². The van der Waals surface area contributed by atoms with Gasteiger partial charge in [-0.3, -0.25) is 4.79 Å². The quantitative estimate of drug-likeness (QED) is 0.520. The first-order valence-electron chi connectivity index (χ1n) is 9.63. The van der Waals surface area contributed by atoms with E-state index in [-0.39, 0.29) is 32.7 Å². The Morgan fingerprint density at radius 1 is 0.821 bits per heavy atom. The van der Waals surface area contributed by atoms with Gasteiger partial charge in [-0.05, 0) is 41.5 Å². The topological polar surface area (TPSA) is 103 Å². The molecule has 0 unspecified atom stereocenters. The minimum Gasteiger partial charge on any atom is -0.465 e. The maximum Gasteiger partial charge on any atom is 0.335 e. The number of carbonyl (C=O) groups excluding carboxylic acids is 3. The first kappa shape index (κ1) is 21.8. The molecular formula is C20H30N2O6. The normalized spacial score (nSPS) is 26.6. The molecule has 28 heavy (non-hydrogen) atoms. The summed E-state index contributed by atoms with van der Waals surface area (Å²) in [6, 6.07) is 0. The zero-order chi connectivity index (χ0) is 21.1. The van der Waals surface area contributed by atoms with Gasteiger partial charge in [-0.15, -0.1) is 0 Å². The lowest BCUT2D eigenvalue weighted by molar-refractivity contribution is -0.164. The summed E-state index contributed by atoms with van der Waals surface area (Å²) in [5.41, 5.74) is -0.165. The van der Waals surface area contributed by atoms with E-state index in [0.717, 1.165) is 0 Å². The summed E-state index contributed by atoms with van der Waals surface area (Å²) in [7, 11) is 0. The highest BCUT2D eigenvalue weighted by Crippen LogP contribution is 2.50. The molecule has 0 amide bonds. The maximum absolute atomic E-state index is 13.2. The number of rotatable bonds is 6. The molecule has 0 aliphatic carbocycles. The van der Waals surface area contributed by atoms with Crippen LogP contribution in [0.3, 0.4) is 0 Å². The fourth-order valence-electron chi connectivity index (χ4n) is 3.96. The maximum atomic E-state index is 13.2. The molecule has 0 saturated carbocycles. The Morgan fingerprint density at radius 2 is 1.21 bits per heavy atom. The third kappa shape index (κ3) is 3.59. The fraction of sp³-hybridized carbons (Fsp3) is 0.650. The van der Waals surface area contributed by atoms with E-state index in [9.17, 15) is 14.4 Å². The molecule has 0 radical (unpaired) electrons. The van der Waals surface area contributed by atoms with E-state index in [1.165, 1.54) is 0 Å². The van der Waals surface area contributed by atoms with Crippen LogP contribution < -0.4 is 10.6 Å². The van der Waals surface area contributed by atoms with Crippen LogP contribution >= 0.6 is 0 Å². The van der Waals surface area contributed by atoms with Gasteiger partial charge in [0, 0.05) is 24.2 Å². The van der Waals surface area contributed by atoms with Crippen LogP contribution in [0.4, 0.5) is 0 Å². The van der Waals surface area contributed by atoms with Crippen molar-refractivity contribution in [3.63, 3.8) is 0 Å². The lowest BCUT2D eigenvalue weighted by Crippen LogP contribution is -2.71. The van der Waals surface area contributed by atoms with Gasteiger partial charge >= 0.3 is 17.9 Å². The van der Waals surface area contributed by atoms with Crippen LogP contribution in [-0.2, 0) is 28.6 Å². The third-order valence-corrected chi connectivity index (χ3v) is 5.40. The molecule has 0 aromatic rings. The molecule has 2 aliphatic heterocycles. The summed E-state index contributed by atoms with van der Waals surface area (Å²) in [6.45, 7) is 11.2. The molecule has 0 aromatic carbocycles. The summed E-state index contributed by atoms with van der Waals surface area (Å²) in [5.74, 6) is -1.45. The molecule has 0 fully saturated rings. The van der Waals surface area contributed by atoms with Gasteiger partial charge in [-0.1, -0.05) is 0 Å². The molecule has 2 N–H and O–H groups in total. The lowest BCUT2D eigenvalue weighted by atomic mass is 9.63. The van der Waals surface area contributed by atoms with Crippen molar-refractivity contribution < 1.29 is 28.6 Å². The van der Waals surface area contributed by atoms with Crippen molar-refractivity contribution in [2.24, 2.45) is 5.41 Å². The number of carbonyl (C=O) groups is 3. The van der Waals surface area contributed by atoms with Gasteiger partial charge in [-0.2, -0.15) is 0 Å². The average Bonchev–Trinajstić information content (AvgIpc) is 2.60. The summed E-state index contributed by atoms with van der Waals surface area (Å²) in [5, 5.41) is 6.53. The van der Waals surface area contributed by atoms with Crippen molar-refractivity contribution in [3.8, 4) is 0 Å². The van der Waals surface area contributed by atoms with Crippen LogP contribution in [0.1, 0.15) is 54.4 Å². The van der Waals surface area contributed by atoms with E-state index < -0.39 is 29.0 Å². The molecule has 0 spiro atoms. The Hall–Kier alpha value is -2.51. The third-order valence-electron chi connectivity index (χ3n) is 5.40. The van der Waals surface area contributed by atoms with Gasteiger partial charge in [0.2, 0.25) is 0 Å². The van der Waals surface area contributed by atoms with Gasteiger partial charge in [0.1, 0.15) is 11.1 Å². The van der Waals surface area contributed by atoms with Crippen molar-refractivity contribution in [3.05, 3.63) is 22.5 Å². The van der Waals surface area contributed by atoms with Crippen molar-refractivity contribution in [1.29, 1.82) is 0 Å². The van der Waals surface area contributed by atoms with Crippen molar-refractivity contribution in [2.45, 2.75) is 60.0 Å². The largest absolute Gasteiger partial charge is 0.465 e. The number of hydrogen-bond acceptors (Lipinski definition) is 8. The Kier molecular flexibility index (Phi) is 6.41. The van der Waals surface area contributed by atoms with Crippen LogP contribution in [0.25, 0.3) is 0 Å². The van der Waals surface area contributed by atoms with Crippen LogP contribution in [0.2, 0.25) is 0 Å². The molecule has 0 saturated heterocycles. The average molecular weight is 394 g/mol. The summed E-state index contributed by atoms with van der Waals surface area (Å²) < 4.78 is 15.7. The van der Waals surface area contributed by atoms with Crippen LogP contribution in [-0.4, -0.2) is 43.4 Å². The van der Waals surface area contributed by atoms with E-state index >= 15 is 0 Å². The minimum absolute atomic E-state index is 0.0865. The zero-order valence-corrected chi connectivity index (χ0v) is 17.5. The molecule has 0 bridgehead atoms. The monoisotopic (exact) mass is 394 g/mol. The number of nitrogens with one attached hydrogen (secondary N) is 2. The van der Waals surface area contributed by atoms with E-state index in [1.54, 1.807) is 34.6 Å². The number of fused-ring (bicyclic) bond motifs is 1. The predicted molar refractivity (Wildman–Crippen MR) is 102 cm³/mol. The summed E-state index contributed by atoms with van der Waals surface area (Å²) in [4.78, 5) is 38.2. The molecule has 8 nitrogen and oxygen atoms in total. The van der Waals surface area contributed by atoms with Crippen molar-refractivity contribution in [2.75, 3.05) is 19.8 Å². The first-order valence-corrected chi connectivity index (χ1v) is 9.63. The first-order chi connectivity index (χ1) is 13.2. The van der Waals surface area contributed by atoms with Crippen LogP contribution in [0, 0.1) is 5.41 Å². The molecular weight excluding hydrogens is 364 g/mol. The molecule has 8 heteroatoms. The van der Waals surface area contributed by atoms with E-state index in [1.807, 2.05) is 6.92 Å². The molecule has 2 aliphatic rings. The SMILES string of the molecule is CCOC(=O)C1=C(C)NC2(C)NC(C)=C(C(=O)OCC)CC2(C(=O)OCC)C1. The van der Waals surface area contributed by atoms with Gasteiger partial charge in [0.05, 0.1) is 31.0 Å². The van der Waals surface area contributed by atoms with Crippen LogP contribution in [0.5, 0.6) is 0 Å². The summed E-state index contributed by atoms with van der Waals surface area (Å²) in [6.07, 6.45) is 0.173. The highest BCUT2D eigenvalue weighted by Gasteiger charge is 2.61. The standard InChI is InChI=1S/C20H30N2O6/c1-7-26-16(23)14-10-20(18(25)28-9-3)11-15(17(24)27-8-2)13(5)22-19(20,6)21-12(14)4/h21-22H,7-11H2,1-6H3. The number of allylic oxidation sites excluding steroid dienone is 2. The fourth-order valence-corrected chi connectivity index (χ4v) is 3.96. The second-order valence-electron chi connectivity index (χ2n) is 7.18. The molecule has 0 atom stereocenters. The Labute approximate surface area is 165 Å². The molecule has 0 aromatic heterocycles. The second-order valence-corrected chi connectivity index (χ2v) is 7.18. The highest BCUT2D eigenvalue weighted by atomic mass is 16.5. The van der Waals surface area contributed by atoms with E-state index in [0.29, 0.717) is 22.5 Å². The Balaban J connectivity index is 2.58. The van der Waals surface area contributed by atoms with Gasteiger partial charge in [0.25, 0.3) is 0 Å². The predicted octanol–water partition coefficient (Wildman–Crippen LogP) is 1.91. The number of ether oxygens (including phenoxy) is 3. The van der Waals surface area contributed by atoms with Gasteiger partial charge in [0.15, 0.2) is 0 Å². The Morgan fingerprint density at radius 3 is 1.57 bits per heavy atom. The second kappa shape index (κ2) is 8.24. The van der Waals surface area contributed by atoms with Gasteiger partial charge < -0.3 is 24.8 Å². The van der Waals surface area contributed by atoms with E-state index in [4.69, 9.17) is 14.2 Å². The van der Waals surface area contributed by atoms with Crippen LogP contribution in [0.15, 0.2) is 22.5 Å². The van der Waals surface area contributed by atoms with Crippen molar-refractivity contribution in [1.82, 2.24) is 10.6 Å². The number of hydrogen-bond donors (Lipinski definition) is 2. The molecule has 156 valence electrons. The smallest absolute Gasteiger partial charge is 0.335 e. The molecule has 2 heterocycles. The lowest BCUT2D eigenvalue weighted by Gasteiger charge is -2.54. The van der Waals surface area contributed by atoms with E-state index in [2.05, 4.69) is 10.6 Å². The summed E-state index contributed by atoms with van der Waals surface area (Å²) >= 11 is 0. The Bertz CT molecular complexity index is 691. The zero-order valence-electron chi connectivity index (χ0n) is 17.5.